The van der Waals surface area contributed by atoms with E-state index in [9.17, 15) is 4.79 Å². The van der Waals surface area contributed by atoms with Crippen LogP contribution >= 0.6 is 0 Å². The molecule has 1 unspecified atom stereocenters. The molecule has 0 aliphatic heterocycles. The van der Waals surface area contributed by atoms with Gasteiger partial charge in [0.25, 0.3) is 0 Å². The summed E-state index contributed by atoms with van der Waals surface area (Å²) in [6, 6.07) is 10.1. The Morgan fingerprint density at radius 3 is 2.47 bits per heavy atom. The first kappa shape index (κ1) is 12.1. The quantitative estimate of drug-likeness (QED) is 0.813. The van der Waals surface area contributed by atoms with Crippen molar-refractivity contribution in [2.24, 2.45) is 11.1 Å². The van der Waals surface area contributed by atoms with Crippen LogP contribution in [0.1, 0.15) is 32.3 Å². The summed E-state index contributed by atoms with van der Waals surface area (Å²) < 4.78 is 0. The molecule has 0 heterocycles. The minimum Gasteiger partial charge on any atom is -0.368 e. The van der Waals surface area contributed by atoms with E-state index in [1.807, 2.05) is 37.3 Å². The third-order valence-electron chi connectivity index (χ3n) is 4.19. The van der Waals surface area contributed by atoms with Gasteiger partial charge in [0.1, 0.15) is 5.54 Å². The molecule has 2 rings (SSSR count). The molecule has 1 fully saturated rings. The molecule has 1 aliphatic rings. The Kier molecular flexibility index (Phi) is 2.96. The van der Waals surface area contributed by atoms with E-state index in [2.05, 4.69) is 12.2 Å². The smallest absolute Gasteiger partial charge is 0.238 e. The third-order valence-corrected chi connectivity index (χ3v) is 4.19. The minimum atomic E-state index is -0.608. The molecule has 0 spiro atoms. The van der Waals surface area contributed by atoms with E-state index < -0.39 is 5.54 Å². The minimum absolute atomic E-state index is 0.0214. The standard InChI is InChI=1S/C14H20N2O/c1-13(8-9-13)14(2,12(15)17)16-10-11-6-4-3-5-7-11/h3-7,16H,8-10H2,1-2H3,(H2,15,17). The molecule has 1 aromatic rings. The van der Waals surface area contributed by atoms with Crippen molar-refractivity contribution < 1.29 is 4.79 Å². The first-order valence-electron chi connectivity index (χ1n) is 6.07. The largest absolute Gasteiger partial charge is 0.368 e. The monoisotopic (exact) mass is 232 g/mol. The summed E-state index contributed by atoms with van der Waals surface area (Å²) >= 11 is 0. The number of amides is 1. The van der Waals surface area contributed by atoms with Crippen LogP contribution in [0.3, 0.4) is 0 Å². The first-order valence-corrected chi connectivity index (χ1v) is 6.07. The van der Waals surface area contributed by atoms with E-state index in [-0.39, 0.29) is 11.3 Å². The Balaban J connectivity index is 2.07. The lowest BCUT2D eigenvalue weighted by Crippen LogP contribution is -2.58. The second-order valence-electron chi connectivity index (χ2n) is 5.39. The van der Waals surface area contributed by atoms with E-state index in [1.54, 1.807) is 0 Å². The maximum atomic E-state index is 11.7. The SMILES string of the molecule is CC1(C(C)(NCc2ccccc2)C(N)=O)CC1. The predicted octanol–water partition coefficient (Wildman–Crippen LogP) is 1.82. The molecule has 3 heteroatoms. The van der Waals surface area contributed by atoms with Gasteiger partial charge < -0.3 is 5.73 Å². The van der Waals surface area contributed by atoms with E-state index in [4.69, 9.17) is 5.73 Å². The Morgan fingerprint density at radius 2 is 2.00 bits per heavy atom. The lowest BCUT2D eigenvalue weighted by atomic mass is 9.83. The highest BCUT2D eigenvalue weighted by molar-refractivity contribution is 5.85. The maximum Gasteiger partial charge on any atom is 0.238 e. The lowest BCUT2D eigenvalue weighted by molar-refractivity contribution is -0.126. The maximum absolute atomic E-state index is 11.7. The number of rotatable bonds is 5. The molecule has 0 bridgehead atoms. The summed E-state index contributed by atoms with van der Waals surface area (Å²) in [6.07, 6.45) is 2.13. The first-order chi connectivity index (χ1) is 7.98. The molecule has 92 valence electrons. The zero-order chi connectivity index (χ0) is 12.5. The highest BCUT2D eigenvalue weighted by Gasteiger charge is 2.56. The van der Waals surface area contributed by atoms with Crippen LogP contribution in [0.4, 0.5) is 0 Å². The van der Waals surface area contributed by atoms with Crippen molar-refractivity contribution in [2.75, 3.05) is 0 Å². The summed E-state index contributed by atoms with van der Waals surface area (Å²) in [5.41, 5.74) is 6.14. The summed E-state index contributed by atoms with van der Waals surface area (Å²) in [7, 11) is 0. The fourth-order valence-electron chi connectivity index (χ4n) is 2.16. The van der Waals surface area contributed by atoms with Gasteiger partial charge >= 0.3 is 0 Å². The van der Waals surface area contributed by atoms with Gasteiger partial charge in [-0.05, 0) is 30.7 Å². The van der Waals surface area contributed by atoms with Gasteiger partial charge in [-0.1, -0.05) is 37.3 Å². The number of carbonyl (C=O) groups excluding carboxylic acids is 1. The average molecular weight is 232 g/mol. The van der Waals surface area contributed by atoms with Crippen molar-refractivity contribution in [1.82, 2.24) is 5.32 Å². The molecule has 3 nitrogen and oxygen atoms in total. The van der Waals surface area contributed by atoms with Gasteiger partial charge in [-0.15, -0.1) is 0 Å². The average Bonchev–Trinajstić information content (AvgIpc) is 3.07. The summed E-state index contributed by atoms with van der Waals surface area (Å²) in [5.74, 6) is -0.256. The molecule has 1 aromatic carbocycles. The second kappa shape index (κ2) is 4.15. The topological polar surface area (TPSA) is 55.1 Å². The molecule has 1 amide bonds. The highest BCUT2D eigenvalue weighted by Crippen LogP contribution is 2.53. The molecule has 0 aromatic heterocycles. The lowest BCUT2D eigenvalue weighted by Gasteiger charge is -2.34. The van der Waals surface area contributed by atoms with Gasteiger partial charge in [0.15, 0.2) is 0 Å². The normalized spacial score (nSPS) is 20.6. The van der Waals surface area contributed by atoms with E-state index >= 15 is 0 Å². The molecule has 1 aliphatic carbocycles. The van der Waals surface area contributed by atoms with Crippen molar-refractivity contribution in [1.29, 1.82) is 0 Å². The van der Waals surface area contributed by atoms with Gasteiger partial charge in [0.05, 0.1) is 0 Å². The zero-order valence-electron chi connectivity index (χ0n) is 10.5. The van der Waals surface area contributed by atoms with Gasteiger partial charge in [0.2, 0.25) is 5.91 Å². The number of nitrogens with two attached hydrogens (primary N) is 1. The summed E-state index contributed by atoms with van der Waals surface area (Å²) in [4.78, 5) is 11.7. The van der Waals surface area contributed by atoms with Crippen LogP contribution in [0.15, 0.2) is 30.3 Å². The van der Waals surface area contributed by atoms with Crippen LogP contribution in [-0.4, -0.2) is 11.4 Å². The molecular formula is C14H20N2O. The van der Waals surface area contributed by atoms with E-state index in [0.29, 0.717) is 6.54 Å². The van der Waals surface area contributed by atoms with Crippen molar-refractivity contribution in [2.45, 2.75) is 38.8 Å². The second-order valence-corrected chi connectivity index (χ2v) is 5.39. The number of nitrogens with one attached hydrogen (secondary N) is 1. The molecule has 3 N–H and O–H groups in total. The fraction of sp³-hybridized carbons (Fsp3) is 0.500. The Bertz CT molecular complexity index is 411. The van der Waals surface area contributed by atoms with Crippen molar-refractivity contribution in [3.8, 4) is 0 Å². The van der Waals surface area contributed by atoms with Gasteiger partial charge in [0, 0.05) is 6.54 Å². The molecule has 0 radical (unpaired) electrons. The Hall–Kier alpha value is -1.35. The number of carbonyl (C=O) groups is 1. The Morgan fingerprint density at radius 1 is 1.41 bits per heavy atom. The fourth-order valence-corrected chi connectivity index (χ4v) is 2.16. The van der Waals surface area contributed by atoms with Gasteiger partial charge in [-0.3, -0.25) is 10.1 Å². The van der Waals surface area contributed by atoms with Crippen LogP contribution in [0, 0.1) is 5.41 Å². The van der Waals surface area contributed by atoms with Crippen molar-refractivity contribution >= 4 is 5.91 Å². The predicted molar refractivity (Wildman–Crippen MR) is 68.2 cm³/mol. The zero-order valence-corrected chi connectivity index (χ0v) is 10.5. The van der Waals surface area contributed by atoms with Crippen LogP contribution < -0.4 is 11.1 Å². The molecular weight excluding hydrogens is 212 g/mol. The van der Waals surface area contributed by atoms with E-state index in [1.165, 1.54) is 5.56 Å². The summed E-state index contributed by atoms with van der Waals surface area (Å²) in [5, 5.41) is 3.34. The molecule has 0 saturated heterocycles. The van der Waals surface area contributed by atoms with Crippen LogP contribution in [0.25, 0.3) is 0 Å². The van der Waals surface area contributed by atoms with Crippen molar-refractivity contribution in [3.63, 3.8) is 0 Å². The third kappa shape index (κ3) is 2.20. The summed E-state index contributed by atoms with van der Waals surface area (Å²) in [6.45, 7) is 4.72. The molecule has 1 saturated carbocycles. The van der Waals surface area contributed by atoms with Crippen LogP contribution in [0.2, 0.25) is 0 Å². The molecule has 17 heavy (non-hydrogen) atoms. The van der Waals surface area contributed by atoms with Gasteiger partial charge in [-0.2, -0.15) is 0 Å². The van der Waals surface area contributed by atoms with Crippen LogP contribution in [0.5, 0.6) is 0 Å². The Labute approximate surface area is 102 Å². The number of benzene rings is 1. The number of primary amides is 1. The van der Waals surface area contributed by atoms with Gasteiger partial charge in [-0.25, -0.2) is 0 Å². The number of hydrogen-bond donors (Lipinski definition) is 2. The highest BCUT2D eigenvalue weighted by atomic mass is 16.1. The van der Waals surface area contributed by atoms with Crippen molar-refractivity contribution in [3.05, 3.63) is 35.9 Å². The molecule has 1 atom stereocenters. The van der Waals surface area contributed by atoms with E-state index in [0.717, 1.165) is 12.8 Å². The van der Waals surface area contributed by atoms with Crippen LogP contribution in [-0.2, 0) is 11.3 Å². The number of hydrogen-bond acceptors (Lipinski definition) is 2.